The number of rotatable bonds is 9. The van der Waals surface area contributed by atoms with Gasteiger partial charge in [0, 0.05) is 0 Å². The molecule has 0 aliphatic rings. The van der Waals surface area contributed by atoms with Crippen molar-refractivity contribution in [2.75, 3.05) is 12.9 Å². The van der Waals surface area contributed by atoms with E-state index in [1.54, 1.807) is 36.4 Å². The highest BCUT2D eigenvalue weighted by Crippen LogP contribution is 2.26. The molecule has 1 aromatic carbocycles. The first-order chi connectivity index (χ1) is 13.0. The van der Waals surface area contributed by atoms with Gasteiger partial charge in [-0.3, -0.25) is 0 Å². The zero-order valence-corrected chi connectivity index (χ0v) is 17.3. The molecule has 0 fully saturated rings. The molecule has 10 heteroatoms. The second-order valence-electron chi connectivity index (χ2n) is 5.42. The largest absolute Gasteiger partial charge is 0.494 e. The van der Waals surface area contributed by atoms with Crippen molar-refractivity contribution >= 4 is 33.1 Å². The molecule has 0 N–H and O–H groups in total. The summed E-state index contributed by atoms with van der Waals surface area (Å²) in [7, 11) is -3.75. The molecule has 0 atom stereocenters. The number of sulfonamides is 1. The minimum Gasteiger partial charge on any atom is -0.494 e. The molecule has 0 unspecified atom stereocenters. The molecular weight excluding hydrogens is 406 g/mol. The number of nitrogens with zero attached hydrogens (tertiary/aromatic N) is 3. The first-order valence-corrected chi connectivity index (χ1v) is 11.6. The Labute approximate surface area is 166 Å². The van der Waals surface area contributed by atoms with E-state index in [1.807, 2.05) is 13.2 Å². The molecule has 7 nitrogen and oxygen atoms in total. The van der Waals surface area contributed by atoms with Crippen LogP contribution in [0.3, 0.4) is 0 Å². The second kappa shape index (κ2) is 8.87. The third kappa shape index (κ3) is 4.89. The molecule has 3 rings (SSSR count). The predicted octanol–water partition coefficient (Wildman–Crippen LogP) is 3.64. The number of thioether (sulfide) groups is 1. The summed E-state index contributed by atoms with van der Waals surface area (Å²) in [4.78, 5) is 0.187. The van der Waals surface area contributed by atoms with Crippen molar-refractivity contribution in [2.45, 2.75) is 29.2 Å². The van der Waals surface area contributed by atoms with Crippen molar-refractivity contribution in [1.29, 1.82) is 0 Å². The lowest BCUT2D eigenvalue weighted by atomic mass is 10.3. The Morgan fingerprint density at radius 2 is 1.96 bits per heavy atom. The highest BCUT2D eigenvalue weighted by Gasteiger charge is 2.27. The average Bonchev–Trinajstić information content (AvgIpc) is 3.34. The Hall–Kier alpha value is -1.88. The normalized spacial score (nSPS) is 11.8. The van der Waals surface area contributed by atoms with Crippen LogP contribution in [0.2, 0.25) is 0 Å². The molecule has 144 valence electrons. The molecule has 0 aliphatic heterocycles. The summed E-state index contributed by atoms with van der Waals surface area (Å²) in [6.45, 7) is 2.62. The SMILES string of the molecule is CCOc1ccc(S(=O)(=O)N(Cc2ccco2)Cc2nnc(SC)s2)cc1. The average molecular weight is 426 g/mol. The van der Waals surface area contributed by atoms with Gasteiger partial charge in [0.25, 0.3) is 0 Å². The molecule has 0 aliphatic carbocycles. The molecule has 3 aromatic rings. The zero-order valence-electron chi connectivity index (χ0n) is 14.9. The van der Waals surface area contributed by atoms with Gasteiger partial charge in [-0.15, -0.1) is 10.2 Å². The maximum Gasteiger partial charge on any atom is 0.243 e. The zero-order chi connectivity index (χ0) is 19.3. The Balaban J connectivity index is 1.89. The topological polar surface area (TPSA) is 85.5 Å². The van der Waals surface area contributed by atoms with Crippen LogP contribution >= 0.6 is 23.1 Å². The fourth-order valence-electron chi connectivity index (χ4n) is 2.36. The van der Waals surface area contributed by atoms with Crippen molar-refractivity contribution < 1.29 is 17.6 Å². The summed E-state index contributed by atoms with van der Waals surface area (Å²) in [6.07, 6.45) is 3.43. The highest BCUT2D eigenvalue weighted by molar-refractivity contribution is 8.00. The summed E-state index contributed by atoms with van der Waals surface area (Å²) in [5.74, 6) is 1.18. The van der Waals surface area contributed by atoms with E-state index in [-0.39, 0.29) is 18.0 Å². The van der Waals surface area contributed by atoms with Gasteiger partial charge in [0.2, 0.25) is 10.0 Å². The Bertz CT molecular complexity index is 954. The quantitative estimate of drug-likeness (QED) is 0.484. The minimum absolute atomic E-state index is 0.108. The Morgan fingerprint density at radius 3 is 2.56 bits per heavy atom. The van der Waals surface area contributed by atoms with Gasteiger partial charge in [0.1, 0.15) is 16.5 Å². The molecule has 2 aromatic heterocycles. The van der Waals surface area contributed by atoms with Crippen molar-refractivity contribution in [3.63, 3.8) is 0 Å². The van der Waals surface area contributed by atoms with Gasteiger partial charge < -0.3 is 9.15 Å². The third-order valence-electron chi connectivity index (χ3n) is 3.62. The van der Waals surface area contributed by atoms with Gasteiger partial charge in [0.05, 0.1) is 30.9 Å². The van der Waals surface area contributed by atoms with E-state index in [9.17, 15) is 8.42 Å². The molecule has 0 radical (unpaired) electrons. The summed E-state index contributed by atoms with van der Waals surface area (Å²) in [6, 6.07) is 9.87. The summed E-state index contributed by atoms with van der Waals surface area (Å²) >= 11 is 2.85. The van der Waals surface area contributed by atoms with Crippen LogP contribution in [-0.2, 0) is 23.1 Å². The van der Waals surface area contributed by atoms with Gasteiger partial charge in [-0.2, -0.15) is 4.31 Å². The maximum atomic E-state index is 13.2. The fourth-order valence-corrected chi connectivity index (χ4v) is 5.14. The predicted molar refractivity (Wildman–Crippen MR) is 104 cm³/mol. The van der Waals surface area contributed by atoms with Crippen LogP contribution in [0.4, 0.5) is 0 Å². The minimum atomic E-state index is -3.75. The number of hydrogen-bond acceptors (Lipinski definition) is 8. The van der Waals surface area contributed by atoms with Crippen LogP contribution in [0.1, 0.15) is 17.7 Å². The number of hydrogen-bond donors (Lipinski definition) is 0. The van der Waals surface area contributed by atoms with Crippen molar-refractivity contribution in [3.05, 3.63) is 53.4 Å². The van der Waals surface area contributed by atoms with Gasteiger partial charge in [-0.05, 0) is 49.6 Å². The van der Waals surface area contributed by atoms with E-state index >= 15 is 0 Å². The number of benzene rings is 1. The molecule has 2 heterocycles. The van der Waals surface area contributed by atoms with E-state index < -0.39 is 10.0 Å². The lowest BCUT2D eigenvalue weighted by Crippen LogP contribution is -2.30. The van der Waals surface area contributed by atoms with Crippen LogP contribution in [0.5, 0.6) is 5.75 Å². The van der Waals surface area contributed by atoms with Crippen molar-refractivity contribution in [2.24, 2.45) is 0 Å². The highest BCUT2D eigenvalue weighted by atomic mass is 32.2. The van der Waals surface area contributed by atoms with E-state index in [2.05, 4.69) is 10.2 Å². The first kappa shape index (κ1) is 19.9. The standard InChI is InChI=1S/C17H19N3O4S3/c1-3-23-13-6-8-15(9-7-13)27(21,22)20(11-14-5-4-10-24-14)12-16-18-19-17(25-2)26-16/h4-10H,3,11-12H2,1-2H3. The van der Waals surface area contributed by atoms with E-state index in [0.29, 0.717) is 23.1 Å². The van der Waals surface area contributed by atoms with Crippen LogP contribution in [0, 0.1) is 0 Å². The summed E-state index contributed by atoms with van der Waals surface area (Å²) in [5.41, 5.74) is 0. The van der Waals surface area contributed by atoms with Crippen LogP contribution < -0.4 is 4.74 Å². The molecule has 0 amide bonds. The fraction of sp³-hybridized carbons (Fsp3) is 0.294. The van der Waals surface area contributed by atoms with Crippen molar-refractivity contribution in [1.82, 2.24) is 14.5 Å². The maximum absolute atomic E-state index is 13.2. The molecule has 27 heavy (non-hydrogen) atoms. The van der Waals surface area contributed by atoms with Crippen molar-refractivity contribution in [3.8, 4) is 5.75 Å². The third-order valence-corrected chi connectivity index (χ3v) is 7.31. The lowest BCUT2D eigenvalue weighted by Gasteiger charge is -2.20. The van der Waals surface area contributed by atoms with Crippen LogP contribution in [0.25, 0.3) is 0 Å². The molecule has 0 saturated heterocycles. The summed E-state index contributed by atoms with van der Waals surface area (Å²) in [5, 5.41) is 8.76. The van der Waals surface area contributed by atoms with E-state index in [0.717, 1.165) is 4.34 Å². The molecule has 0 spiro atoms. The summed E-state index contributed by atoms with van der Waals surface area (Å²) < 4.78 is 39.3. The van der Waals surface area contributed by atoms with Gasteiger partial charge in [0.15, 0.2) is 4.34 Å². The Kier molecular flexibility index (Phi) is 6.53. The van der Waals surface area contributed by atoms with Gasteiger partial charge >= 0.3 is 0 Å². The smallest absolute Gasteiger partial charge is 0.243 e. The first-order valence-electron chi connectivity index (χ1n) is 8.14. The van der Waals surface area contributed by atoms with E-state index in [1.165, 1.54) is 33.7 Å². The molecule has 0 bridgehead atoms. The lowest BCUT2D eigenvalue weighted by molar-refractivity contribution is 0.339. The number of ether oxygens (including phenoxy) is 1. The molecular formula is C17H19N3O4S3. The van der Waals surface area contributed by atoms with E-state index in [4.69, 9.17) is 9.15 Å². The second-order valence-corrected chi connectivity index (χ2v) is 9.48. The Morgan fingerprint density at radius 1 is 1.19 bits per heavy atom. The van der Waals surface area contributed by atoms with Crippen LogP contribution in [0.15, 0.2) is 56.3 Å². The van der Waals surface area contributed by atoms with Crippen LogP contribution in [-0.4, -0.2) is 35.8 Å². The van der Waals surface area contributed by atoms with Gasteiger partial charge in [-0.1, -0.05) is 23.1 Å². The van der Waals surface area contributed by atoms with Gasteiger partial charge in [-0.25, -0.2) is 8.42 Å². The number of furan rings is 1. The molecule has 0 saturated carbocycles. The number of aromatic nitrogens is 2. The monoisotopic (exact) mass is 425 g/mol.